The number of aryl methyl sites for hydroxylation is 2. The molecule has 0 spiro atoms. The molecule has 0 saturated heterocycles. The second-order valence-corrected chi connectivity index (χ2v) is 4.04. The topological polar surface area (TPSA) is 109 Å². The van der Waals surface area contributed by atoms with Gasteiger partial charge in [-0.2, -0.15) is 10.1 Å². The molecule has 8 heteroatoms. The SMILES string of the molecule is Cc1nn(C)c(C)c1Oc1nc(N)ccc1[N+](=O)[O-]. The van der Waals surface area contributed by atoms with Crippen molar-refractivity contribution < 1.29 is 9.66 Å². The van der Waals surface area contributed by atoms with Crippen molar-refractivity contribution >= 4 is 11.5 Å². The van der Waals surface area contributed by atoms with Crippen LogP contribution in [0.15, 0.2) is 12.1 Å². The van der Waals surface area contributed by atoms with Gasteiger partial charge in [0.2, 0.25) is 0 Å². The highest BCUT2D eigenvalue weighted by molar-refractivity contribution is 5.49. The molecule has 0 unspecified atom stereocenters. The molecule has 2 aromatic rings. The van der Waals surface area contributed by atoms with E-state index in [1.54, 1.807) is 25.6 Å². The number of hydrogen-bond acceptors (Lipinski definition) is 6. The van der Waals surface area contributed by atoms with Crippen LogP contribution in [-0.2, 0) is 7.05 Å². The highest BCUT2D eigenvalue weighted by Crippen LogP contribution is 2.33. The number of nitro groups is 1. The van der Waals surface area contributed by atoms with Crippen molar-refractivity contribution in [1.82, 2.24) is 14.8 Å². The number of nitrogens with two attached hydrogens (primary N) is 1. The van der Waals surface area contributed by atoms with E-state index >= 15 is 0 Å². The summed E-state index contributed by atoms with van der Waals surface area (Å²) >= 11 is 0. The molecule has 2 rings (SSSR count). The minimum absolute atomic E-state index is 0.135. The van der Waals surface area contributed by atoms with Gasteiger partial charge >= 0.3 is 11.6 Å². The summed E-state index contributed by atoms with van der Waals surface area (Å²) in [5.74, 6) is 0.465. The van der Waals surface area contributed by atoms with Gasteiger partial charge < -0.3 is 10.5 Å². The molecule has 0 aliphatic carbocycles. The molecule has 0 fully saturated rings. The van der Waals surface area contributed by atoms with E-state index in [4.69, 9.17) is 10.5 Å². The molecule has 0 aromatic carbocycles. The Kier molecular flexibility index (Phi) is 3.07. The number of nitrogen functional groups attached to an aromatic ring is 1. The third kappa shape index (κ3) is 2.32. The van der Waals surface area contributed by atoms with Crippen LogP contribution in [0.3, 0.4) is 0 Å². The minimum Gasteiger partial charge on any atom is -0.430 e. The Hall–Kier alpha value is -2.64. The Morgan fingerprint density at radius 3 is 2.63 bits per heavy atom. The lowest BCUT2D eigenvalue weighted by Crippen LogP contribution is -2.00. The van der Waals surface area contributed by atoms with E-state index in [9.17, 15) is 10.1 Å². The highest BCUT2D eigenvalue weighted by atomic mass is 16.6. The van der Waals surface area contributed by atoms with Gasteiger partial charge in [0.05, 0.1) is 10.6 Å². The Morgan fingerprint density at radius 2 is 2.11 bits per heavy atom. The normalized spacial score (nSPS) is 10.5. The predicted octanol–water partition coefficient (Wildman–Crippen LogP) is 1.71. The van der Waals surface area contributed by atoms with Gasteiger partial charge in [0, 0.05) is 13.1 Å². The lowest BCUT2D eigenvalue weighted by atomic mass is 10.3. The van der Waals surface area contributed by atoms with Crippen LogP contribution in [0.25, 0.3) is 0 Å². The summed E-state index contributed by atoms with van der Waals surface area (Å²) in [5.41, 5.74) is 6.66. The maximum absolute atomic E-state index is 10.9. The molecular formula is C11H13N5O3. The summed E-state index contributed by atoms with van der Waals surface area (Å²) in [6, 6.07) is 2.62. The van der Waals surface area contributed by atoms with Crippen LogP contribution in [0.1, 0.15) is 11.4 Å². The third-order valence-electron chi connectivity index (χ3n) is 2.70. The number of aromatic nitrogens is 3. The van der Waals surface area contributed by atoms with Crippen LogP contribution in [0, 0.1) is 24.0 Å². The fourth-order valence-electron chi connectivity index (χ4n) is 1.66. The van der Waals surface area contributed by atoms with Crippen molar-refractivity contribution in [2.45, 2.75) is 13.8 Å². The lowest BCUT2D eigenvalue weighted by molar-refractivity contribution is -0.386. The maximum Gasteiger partial charge on any atom is 0.331 e. The van der Waals surface area contributed by atoms with Gasteiger partial charge in [-0.1, -0.05) is 0 Å². The Morgan fingerprint density at radius 1 is 1.42 bits per heavy atom. The first kappa shape index (κ1) is 12.8. The molecule has 0 bridgehead atoms. The van der Waals surface area contributed by atoms with E-state index in [0.29, 0.717) is 11.4 Å². The zero-order valence-electron chi connectivity index (χ0n) is 10.7. The molecule has 19 heavy (non-hydrogen) atoms. The number of anilines is 1. The first-order chi connectivity index (χ1) is 8.90. The molecule has 0 amide bonds. The third-order valence-corrected chi connectivity index (χ3v) is 2.70. The van der Waals surface area contributed by atoms with E-state index in [1.807, 2.05) is 0 Å². The van der Waals surface area contributed by atoms with Crippen molar-refractivity contribution in [3.63, 3.8) is 0 Å². The maximum atomic E-state index is 10.9. The van der Waals surface area contributed by atoms with E-state index in [-0.39, 0.29) is 17.4 Å². The largest absolute Gasteiger partial charge is 0.430 e. The van der Waals surface area contributed by atoms with Crippen LogP contribution in [0.5, 0.6) is 11.6 Å². The molecule has 0 aliphatic rings. The molecule has 0 saturated carbocycles. The van der Waals surface area contributed by atoms with E-state index < -0.39 is 4.92 Å². The zero-order valence-corrected chi connectivity index (χ0v) is 10.7. The Bertz CT molecular complexity index is 650. The average Bonchev–Trinajstić information content (AvgIpc) is 2.56. The molecule has 2 N–H and O–H groups in total. The van der Waals surface area contributed by atoms with Crippen molar-refractivity contribution in [2.24, 2.45) is 7.05 Å². The van der Waals surface area contributed by atoms with Gasteiger partial charge in [-0.05, 0) is 19.9 Å². The quantitative estimate of drug-likeness (QED) is 0.666. The van der Waals surface area contributed by atoms with Gasteiger partial charge in [0.25, 0.3) is 0 Å². The van der Waals surface area contributed by atoms with Crippen LogP contribution in [0.2, 0.25) is 0 Å². The molecule has 0 aliphatic heterocycles. The second kappa shape index (κ2) is 4.56. The van der Waals surface area contributed by atoms with E-state index in [0.717, 1.165) is 5.69 Å². The van der Waals surface area contributed by atoms with E-state index in [1.165, 1.54) is 12.1 Å². The fraction of sp³-hybridized carbons (Fsp3) is 0.273. The highest BCUT2D eigenvalue weighted by Gasteiger charge is 2.21. The first-order valence-corrected chi connectivity index (χ1v) is 5.49. The molecule has 0 radical (unpaired) electrons. The summed E-state index contributed by atoms with van der Waals surface area (Å²) in [7, 11) is 1.76. The lowest BCUT2D eigenvalue weighted by Gasteiger charge is -2.06. The number of rotatable bonds is 3. The predicted molar refractivity (Wildman–Crippen MR) is 68.1 cm³/mol. The monoisotopic (exact) mass is 263 g/mol. The number of nitrogens with zero attached hydrogens (tertiary/aromatic N) is 4. The summed E-state index contributed by atoms with van der Waals surface area (Å²) in [6.45, 7) is 3.55. The smallest absolute Gasteiger partial charge is 0.331 e. The Balaban J connectivity index is 2.48. The van der Waals surface area contributed by atoms with Crippen molar-refractivity contribution in [2.75, 3.05) is 5.73 Å². The zero-order chi connectivity index (χ0) is 14.2. The van der Waals surface area contributed by atoms with Crippen molar-refractivity contribution in [3.8, 4) is 11.6 Å². The summed E-state index contributed by atoms with van der Waals surface area (Å²) in [6.07, 6.45) is 0. The average molecular weight is 263 g/mol. The molecule has 100 valence electrons. The molecular weight excluding hydrogens is 250 g/mol. The van der Waals surface area contributed by atoms with Crippen LogP contribution >= 0.6 is 0 Å². The summed E-state index contributed by atoms with van der Waals surface area (Å²) < 4.78 is 7.15. The van der Waals surface area contributed by atoms with Gasteiger partial charge in [0.15, 0.2) is 5.75 Å². The van der Waals surface area contributed by atoms with Crippen molar-refractivity contribution in [3.05, 3.63) is 33.6 Å². The van der Waals surface area contributed by atoms with Gasteiger partial charge in [0.1, 0.15) is 11.5 Å². The van der Waals surface area contributed by atoms with Gasteiger partial charge in [-0.25, -0.2) is 0 Å². The standard InChI is InChI=1S/C11H13N5O3/c1-6-10(7(2)15(3)14-6)19-11-8(16(17)18)4-5-9(12)13-11/h4-5H,1-3H3,(H2,12,13). The first-order valence-electron chi connectivity index (χ1n) is 5.49. The second-order valence-electron chi connectivity index (χ2n) is 4.04. The minimum atomic E-state index is -0.567. The molecule has 0 atom stereocenters. The van der Waals surface area contributed by atoms with E-state index in [2.05, 4.69) is 10.1 Å². The van der Waals surface area contributed by atoms with Crippen LogP contribution in [0.4, 0.5) is 11.5 Å². The fourth-order valence-corrected chi connectivity index (χ4v) is 1.66. The number of pyridine rings is 1. The van der Waals surface area contributed by atoms with Crippen molar-refractivity contribution in [1.29, 1.82) is 0 Å². The Labute approximate surface area is 109 Å². The summed E-state index contributed by atoms with van der Waals surface area (Å²) in [4.78, 5) is 14.2. The number of ether oxygens (including phenoxy) is 1. The van der Waals surface area contributed by atoms with Gasteiger partial charge in [-0.3, -0.25) is 14.8 Å². The number of hydrogen-bond donors (Lipinski definition) is 1. The summed E-state index contributed by atoms with van der Waals surface area (Å²) in [5, 5.41) is 15.1. The van der Waals surface area contributed by atoms with Crippen LogP contribution < -0.4 is 10.5 Å². The molecule has 8 nitrogen and oxygen atoms in total. The van der Waals surface area contributed by atoms with Gasteiger partial charge in [-0.15, -0.1) is 0 Å². The molecule has 2 aromatic heterocycles. The molecule has 2 heterocycles. The van der Waals surface area contributed by atoms with Crippen LogP contribution in [-0.4, -0.2) is 19.7 Å².